The lowest BCUT2D eigenvalue weighted by Gasteiger charge is -2.08. The monoisotopic (exact) mass is 383 g/mol. The smallest absolute Gasteiger partial charge is 0.251 e. The first-order valence-electron chi connectivity index (χ1n) is 8.16. The number of hydrogen-bond acceptors (Lipinski definition) is 6. The zero-order chi connectivity index (χ0) is 19.0. The van der Waals surface area contributed by atoms with Gasteiger partial charge in [-0.1, -0.05) is 12.1 Å². The largest absolute Gasteiger partial charge is 0.497 e. The zero-order valence-corrected chi connectivity index (χ0v) is 15.6. The fourth-order valence-corrected chi connectivity index (χ4v) is 3.98. The average molecular weight is 383 g/mol. The standard InChI is InChI=1S/C18H17N5O3S/c1-22-12-19-15-16(22)20-18(21-17(15)23-9-3-4-10-23)27(24,25)11-13-5-7-14(26-2)8-6-13/h3-10,12H,11H2,1-2H3. The molecule has 0 spiro atoms. The molecule has 0 atom stereocenters. The average Bonchev–Trinajstić information content (AvgIpc) is 3.32. The minimum Gasteiger partial charge on any atom is -0.497 e. The van der Waals surface area contributed by atoms with E-state index in [2.05, 4.69) is 15.0 Å². The lowest BCUT2D eigenvalue weighted by molar-refractivity contribution is 0.414. The van der Waals surface area contributed by atoms with Crippen molar-refractivity contribution in [3.8, 4) is 11.6 Å². The number of fused-ring (bicyclic) bond motifs is 1. The molecule has 4 aromatic rings. The Morgan fingerprint density at radius 3 is 2.44 bits per heavy atom. The Morgan fingerprint density at radius 1 is 1.07 bits per heavy atom. The van der Waals surface area contributed by atoms with Crippen molar-refractivity contribution in [3.63, 3.8) is 0 Å². The second-order valence-corrected chi connectivity index (χ2v) is 7.94. The molecule has 0 radical (unpaired) electrons. The number of benzene rings is 1. The van der Waals surface area contributed by atoms with Gasteiger partial charge in [-0.15, -0.1) is 0 Å². The summed E-state index contributed by atoms with van der Waals surface area (Å²) in [6.07, 6.45) is 5.17. The van der Waals surface area contributed by atoms with E-state index in [-0.39, 0.29) is 10.9 Å². The second-order valence-electron chi connectivity index (χ2n) is 6.05. The fourth-order valence-electron chi connectivity index (χ4n) is 2.77. The van der Waals surface area contributed by atoms with Crippen LogP contribution >= 0.6 is 0 Å². The highest BCUT2D eigenvalue weighted by Crippen LogP contribution is 2.22. The van der Waals surface area contributed by atoms with Crippen LogP contribution in [0.5, 0.6) is 5.75 Å². The van der Waals surface area contributed by atoms with E-state index in [9.17, 15) is 8.42 Å². The molecule has 3 heterocycles. The quantitative estimate of drug-likeness (QED) is 0.490. The van der Waals surface area contributed by atoms with Crippen LogP contribution in [0.4, 0.5) is 0 Å². The number of sulfone groups is 1. The summed E-state index contributed by atoms with van der Waals surface area (Å²) in [4.78, 5) is 12.9. The van der Waals surface area contributed by atoms with Crippen LogP contribution in [0.2, 0.25) is 0 Å². The highest BCUT2D eigenvalue weighted by molar-refractivity contribution is 7.90. The maximum absolute atomic E-state index is 13.0. The van der Waals surface area contributed by atoms with E-state index in [1.165, 1.54) is 0 Å². The predicted octanol–water partition coefficient (Wildman–Crippen LogP) is 2.14. The number of methoxy groups -OCH3 is 1. The van der Waals surface area contributed by atoms with Crippen LogP contribution in [0.1, 0.15) is 5.56 Å². The molecule has 0 fully saturated rings. The molecule has 138 valence electrons. The van der Waals surface area contributed by atoms with Crippen molar-refractivity contribution in [2.75, 3.05) is 7.11 Å². The van der Waals surface area contributed by atoms with Gasteiger partial charge in [-0.2, -0.15) is 9.97 Å². The molecule has 0 saturated carbocycles. The van der Waals surface area contributed by atoms with Crippen molar-refractivity contribution in [2.45, 2.75) is 10.9 Å². The lowest BCUT2D eigenvalue weighted by atomic mass is 10.2. The molecule has 0 unspecified atom stereocenters. The van der Waals surface area contributed by atoms with Crippen molar-refractivity contribution >= 4 is 21.0 Å². The molecular formula is C18H17N5O3S. The van der Waals surface area contributed by atoms with Gasteiger partial charge in [-0.25, -0.2) is 13.4 Å². The van der Waals surface area contributed by atoms with Crippen LogP contribution in [0.25, 0.3) is 17.0 Å². The molecular weight excluding hydrogens is 366 g/mol. The van der Waals surface area contributed by atoms with Crippen molar-refractivity contribution in [1.82, 2.24) is 24.1 Å². The van der Waals surface area contributed by atoms with Gasteiger partial charge in [0.15, 0.2) is 17.0 Å². The highest BCUT2D eigenvalue weighted by Gasteiger charge is 2.23. The Bertz CT molecular complexity index is 1200. The van der Waals surface area contributed by atoms with E-state index in [0.717, 1.165) is 0 Å². The van der Waals surface area contributed by atoms with E-state index >= 15 is 0 Å². The van der Waals surface area contributed by atoms with Crippen LogP contribution in [0.3, 0.4) is 0 Å². The summed E-state index contributed by atoms with van der Waals surface area (Å²) < 4.78 is 34.4. The fraction of sp³-hybridized carbons (Fsp3) is 0.167. The van der Waals surface area contributed by atoms with Crippen molar-refractivity contribution in [3.05, 3.63) is 60.7 Å². The summed E-state index contributed by atoms with van der Waals surface area (Å²) in [6, 6.07) is 10.5. The van der Waals surface area contributed by atoms with Crippen LogP contribution in [-0.4, -0.2) is 39.6 Å². The van der Waals surface area contributed by atoms with E-state index in [4.69, 9.17) is 4.74 Å². The van der Waals surface area contributed by atoms with Crippen molar-refractivity contribution in [2.24, 2.45) is 7.05 Å². The summed E-state index contributed by atoms with van der Waals surface area (Å²) in [5, 5.41) is -0.224. The van der Waals surface area contributed by atoms with Crippen molar-refractivity contribution < 1.29 is 13.2 Å². The number of imidazole rings is 1. The predicted molar refractivity (Wildman–Crippen MR) is 99.5 cm³/mol. The molecule has 4 rings (SSSR count). The number of hydrogen-bond donors (Lipinski definition) is 0. The van der Waals surface area contributed by atoms with Gasteiger partial charge in [0, 0.05) is 19.4 Å². The molecule has 0 N–H and O–H groups in total. The molecule has 1 aromatic carbocycles. The minimum atomic E-state index is -3.75. The maximum atomic E-state index is 13.0. The number of aromatic nitrogens is 5. The molecule has 3 aromatic heterocycles. The van der Waals surface area contributed by atoms with Gasteiger partial charge in [0.25, 0.3) is 5.16 Å². The van der Waals surface area contributed by atoms with Crippen LogP contribution in [0, 0.1) is 0 Å². The first kappa shape index (κ1) is 17.2. The highest BCUT2D eigenvalue weighted by atomic mass is 32.2. The topological polar surface area (TPSA) is 91.9 Å². The molecule has 8 nitrogen and oxygen atoms in total. The Morgan fingerprint density at radius 2 is 1.78 bits per heavy atom. The molecule has 27 heavy (non-hydrogen) atoms. The summed E-state index contributed by atoms with van der Waals surface area (Å²) in [7, 11) is -0.424. The van der Waals surface area contributed by atoms with Gasteiger partial charge >= 0.3 is 0 Å². The Balaban J connectivity index is 1.81. The van der Waals surface area contributed by atoms with E-state index in [1.54, 1.807) is 66.3 Å². The molecule has 9 heteroatoms. The number of aryl methyl sites for hydroxylation is 1. The lowest BCUT2D eigenvalue weighted by Crippen LogP contribution is -2.12. The minimum absolute atomic E-state index is 0.203. The molecule has 0 aliphatic rings. The first-order chi connectivity index (χ1) is 13.0. The Hall–Kier alpha value is -3.20. The van der Waals surface area contributed by atoms with Gasteiger partial charge in [0.1, 0.15) is 5.75 Å². The third-order valence-corrected chi connectivity index (χ3v) is 5.62. The van der Waals surface area contributed by atoms with Gasteiger partial charge in [0.05, 0.1) is 19.2 Å². The number of ether oxygens (including phenoxy) is 1. The van der Waals surface area contributed by atoms with Gasteiger partial charge in [-0.05, 0) is 29.8 Å². The van der Waals surface area contributed by atoms with Crippen molar-refractivity contribution in [1.29, 1.82) is 0 Å². The molecule has 0 saturated heterocycles. The molecule has 0 bridgehead atoms. The normalized spacial score (nSPS) is 11.8. The molecule has 0 aliphatic heterocycles. The summed E-state index contributed by atoms with van der Waals surface area (Å²) in [5.74, 6) is 0.892. The third kappa shape index (κ3) is 3.17. The summed E-state index contributed by atoms with van der Waals surface area (Å²) in [6.45, 7) is 0. The number of rotatable bonds is 5. The van der Waals surface area contributed by atoms with Gasteiger partial charge in [0.2, 0.25) is 9.84 Å². The summed E-state index contributed by atoms with van der Waals surface area (Å²) in [5.41, 5.74) is 1.63. The van der Waals surface area contributed by atoms with Crippen LogP contribution < -0.4 is 4.74 Å². The summed E-state index contributed by atoms with van der Waals surface area (Å²) >= 11 is 0. The molecule has 0 aliphatic carbocycles. The van der Waals surface area contributed by atoms with Crippen LogP contribution in [-0.2, 0) is 22.6 Å². The third-order valence-electron chi connectivity index (χ3n) is 4.16. The maximum Gasteiger partial charge on any atom is 0.251 e. The van der Waals surface area contributed by atoms with Gasteiger partial charge < -0.3 is 13.9 Å². The van der Waals surface area contributed by atoms with E-state index in [0.29, 0.717) is 28.3 Å². The van der Waals surface area contributed by atoms with Crippen LogP contribution in [0.15, 0.2) is 60.3 Å². The van der Waals surface area contributed by atoms with Gasteiger partial charge in [-0.3, -0.25) is 0 Å². The Kier molecular flexibility index (Phi) is 4.15. The van der Waals surface area contributed by atoms with E-state index in [1.807, 2.05) is 12.1 Å². The first-order valence-corrected chi connectivity index (χ1v) is 9.81. The number of nitrogens with zero attached hydrogens (tertiary/aromatic N) is 5. The Labute approximate surface area is 156 Å². The van der Waals surface area contributed by atoms with E-state index < -0.39 is 9.84 Å². The second kappa shape index (κ2) is 6.51. The molecule has 0 amide bonds. The SMILES string of the molecule is COc1ccc(CS(=O)(=O)c2nc(-n3cccc3)c3ncn(C)c3n2)cc1. The zero-order valence-electron chi connectivity index (χ0n) is 14.8.